The first kappa shape index (κ1) is 23.9. The number of nitrogens with one attached hydrogen (secondary N) is 2. The van der Waals surface area contributed by atoms with E-state index in [4.69, 9.17) is 9.73 Å². The second kappa shape index (κ2) is 14.0. The Balaban J connectivity index is 0.00000338. The van der Waals surface area contributed by atoms with E-state index >= 15 is 0 Å². The molecule has 7 heteroatoms. The molecule has 0 saturated carbocycles. The zero-order valence-corrected chi connectivity index (χ0v) is 19.3. The third-order valence-corrected chi connectivity index (χ3v) is 5.50. The number of halogens is 1. The molecule has 0 aliphatic carbocycles. The summed E-state index contributed by atoms with van der Waals surface area (Å²) in [5, 5.41) is 7.10. The number of rotatable bonds is 8. The van der Waals surface area contributed by atoms with Crippen LogP contribution in [0, 0.1) is 0 Å². The van der Waals surface area contributed by atoms with Crippen molar-refractivity contribution in [1.29, 1.82) is 0 Å². The highest BCUT2D eigenvalue weighted by molar-refractivity contribution is 14.0. The van der Waals surface area contributed by atoms with Crippen molar-refractivity contribution in [2.75, 3.05) is 59.5 Å². The maximum atomic E-state index is 5.18. The molecule has 0 aromatic heterocycles. The van der Waals surface area contributed by atoms with Crippen molar-refractivity contribution >= 4 is 29.9 Å². The zero-order chi connectivity index (χ0) is 17.9. The van der Waals surface area contributed by atoms with Gasteiger partial charge in [0.25, 0.3) is 0 Å². The topological polar surface area (TPSA) is 52.1 Å². The minimum absolute atomic E-state index is 0. The normalized spacial score (nSPS) is 23.5. The summed E-state index contributed by atoms with van der Waals surface area (Å²) in [4.78, 5) is 10.00. The second-order valence-corrected chi connectivity index (χ2v) is 7.25. The van der Waals surface area contributed by atoms with Crippen LogP contribution >= 0.6 is 24.0 Å². The first-order valence-electron chi connectivity index (χ1n) is 10.3. The standard InChI is InChI=1S/C19H39N5O.HI/c1-4-20-19(21-16-18-8-6-7-11-24(18)5-2)22-17-9-12-23(13-10-17)14-15-25-3;/h17-18H,4-16H2,1-3H3,(H2,20,21,22);1H. The Kier molecular flexibility index (Phi) is 12.8. The molecule has 0 amide bonds. The summed E-state index contributed by atoms with van der Waals surface area (Å²) in [6.07, 6.45) is 6.33. The molecule has 154 valence electrons. The molecule has 1 atom stereocenters. The predicted molar refractivity (Wildman–Crippen MR) is 121 cm³/mol. The van der Waals surface area contributed by atoms with E-state index in [9.17, 15) is 0 Å². The fourth-order valence-corrected chi connectivity index (χ4v) is 3.91. The van der Waals surface area contributed by atoms with Crippen molar-refractivity contribution in [3.05, 3.63) is 0 Å². The molecule has 2 saturated heterocycles. The average Bonchev–Trinajstić information content (AvgIpc) is 2.66. The van der Waals surface area contributed by atoms with Crippen molar-refractivity contribution in [3.63, 3.8) is 0 Å². The fourth-order valence-electron chi connectivity index (χ4n) is 3.91. The number of hydrogen-bond donors (Lipinski definition) is 2. The Morgan fingerprint density at radius 1 is 1.12 bits per heavy atom. The number of piperidine rings is 2. The van der Waals surface area contributed by atoms with Crippen LogP contribution in [0.25, 0.3) is 0 Å². The smallest absolute Gasteiger partial charge is 0.191 e. The minimum Gasteiger partial charge on any atom is -0.383 e. The van der Waals surface area contributed by atoms with Gasteiger partial charge in [-0.1, -0.05) is 13.3 Å². The molecule has 0 radical (unpaired) electrons. The molecule has 0 aromatic carbocycles. The molecule has 2 fully saturated rings. The van der Waals surface area contributed by atoms with Gasteiger partial charge < -0.3 is 20.3 Å². The van der Waals surface area contributed by atoms with E-state index in [1.807, 2.05) is 0 Å². The number of hydrogen-bond acceptors (Lipinski definition) is 4. The molecule has 0 bridgehead atoms. The second-order valence-electron chi connectivity index (χ2n) is 7.25. The molecule has 2 rings (SSSR count). The Hall–Kier alpha value is -0.120. The molecule has 0 spiro atoms. The zero-order valence-electron chi connectivity index (χ0n) is 17.0. The van der Waals surface area contributed by atoms with Crippen LogP contribution in [0.1, 0.15) is 46.0 Å². The lowest BCUT2D eigenvalue weighted by Crippen LogP contribution is -2.49. The number of aliphatic imine (C=N–C) groups is 1. The predicted octanol–water partition coefficient (Wildman–Crippen LogP) is 2.14. The summed E-state index contributed by atoms with van der Waals surface area (Å²) >= 11 is 0. The SMILES string of the molecule is CCNC(=NCC1CCCCN1CC)NC1CCN(CCOC)CC1.I. The lowest BCUT2D eigenvalue weighted by atomic mass is 10.0. The molecule has 0 aromatic rings. The first-order valence-corrected chi connectivity index (χ1v) is 10.3. The number of ether oxygens (including phenoxy) is 1. The number of guanidine groups is 1. The van der Waals surface area contributed by atoms with Crippen LogP contribution in [-0.2, 0) is 4.74 Å². The van der Waals surface area contributed by atoms with E-state index in [0.29, 0.717) is 12.1 Å². The highest BCUT2D eigenvalue weighted by atomic mass is 127. The molecule has 1 unspecified atom stereocenters. The van der Waals surface area contributed by atoms with Gasteiger partial charge in [0.1, 0.15) is 0 Å². The van der Waals surface area contributed by atoms with Crippen molar-refractivity contribution in [1.82, 2.24) is 20.4 Å². The molecule has 2 aliphatic heterocycles. The summed E-state index contributed by atoms with van der Waals surface area (Å²) in [6.45, 7) is 12.8. The van der Waals surface area contributed by atoms with Gasteiger partial charge in [0.05, 0.1) is 13.2 Å². The lowest BCUT2D eigenvalue weighted by Gasteiger charge is -2.34. The van der Waals surface area contributed by atoms with Crippen molar-refractivity contribution in [2.45, 2.75) is 58.0 Å². The van der Waals surface area contributed by atoms with Crippen LogP contribution in [-0.4, -0.2) is 87.4 Å². The Bertz CT molecular complexity index is 388. The van der Waals surface area contributed by atoms with Crippen molar-refractivity contribution in [2.24, 2.45) is 4.99 Å². The van der Waals surface area contributed by atoms with Crippen LogP contribution in [0.2, 0.25) is 0 Å². The van der Waals surface area contributed by atoms with E-state index < -0.39 is 0 Å². The van der Waals surface area contributed by atoms with Gasteiger partial charge in [0, 0.05) is 45.4 Å². The van der Waals surface area contributed by atoms with Crippen LogP contribution in [0.15, 0.2) is 4.99 Å². The Labute approximate surface area is 177 Å². The summed E-state index contributed by atoms with van der Waals surface area (Å²) < 4.78 is 5.18. The number of likely N-dealkylation sites (tertiary alicyclic amines) is 2. The summed E-state index contributed by atoms with van der Waals surface area (Å²) in [7, 11) is 1.78. The molecular formula is C19H40IN5O. The van der Waals surface area contributed by atoms with Gasteiger partial charge in [0.15, 0.2) is 5.96 Å². The van der Waals surface area contributed by atoms with Crippen LogP contribution < -0.4 is 10.6 Å². The first-order chi connectivity index (χ1) is 12.3. The largest absolute Gasteiger partial charge is 0.383 e. The van der Waals surface area contributed by atoms with E-state index in [-0.39, 0.29) is 24.0 Å². The Morgan fingerprint density at radius 3 is 2.54 bits per heavy atom. The Morgan fingerprint density at radius 2 is 1.88 bits per heavy atom. The summed E-state index contributed by atoms with van der Waals surface area (Å²) in [5.41, 5.74) is 0. The number of methoxy groups -OCH3 is 1. The van der Waals surface area contributed by atoms with Gasteiger partial charge >= 0.3 is 0 Å². The number of likely N-dealkylation sites (N-methyl/N-ethyl adjacent to an activating group) is 1. The monoisotopic (exact) mass is 481 g/mol. The fraction of sp³-hybridized carbons (Fsp3) is 0.947. The van der Waals surface area contributed by atoms with Crippen molar-refractivity contribution < 1.29 is 4.74 Å². The summed E-state index contributed by atoms with van der Waals surface area (Å²) in [6, 6.07) is 1.15. The van der Waals surface area contributed by atoms with E-state index in [0.717, 1.165) is 51.8 Å². The van der Waals surface area contributed by atoms with Gasteiger partial charge in [0.2, 0.25) is 0 Å². The minimum atomic E-state index is 0. The van der Waals surface area contributed by atoms with Crippen LogP contribution in [0.4, 0.5) is 0 Å². The number of nitrogens with zero attached hydrogens (tertiary/aromatic N) is 3. The quantitative estimate of drug-likeness (QED) is 0.316. The van der Waals surface area contributed by atoms with Gasteiger partial charge in [-0.3, -0.25) is 9.89 Å². The van der Waals surface area contributed by atoms with E-state index in [1.54, 1.807) is 7.11 Å². The lowest BCUT2D eigenvalue weighted by molar-refractivity contribution is 0.128. The molecule has 2 aliphatic rings. The molecule has 2 heterocycles. The maximum absolute atomic E-state index is 5.18. The highest BCUT2D eigenvalue weighted by Crippen LogP contribution is 2.16. The molecule has 26 heavy (non-hydrogen) atoms. The third-order valence-electron chi connectivity index (χ3n) is 5.50. The van der Waals surface area contributed by atoms with Crippen LogP contribution in [0.3, 0.4) is 0 Å². The molecule has 2 N–H and O–H groups in total. The van der Waals surface area contributed by atoms with E-state index in [2.05, 4.69) is 34.3 Å². The molecular weight excluding hydrogens is 441 g/mol. The third kappa shape index (κ3) is 8.27. The van der Waals surface area contributed by atoms with Crippen molar-refractivity contribution in [3.8, 4) is 0 Å². The van der Waals surface area contributed by atoms with E-state index in [1.165, 1.54) is 38.6 Å². The van der Waals surface area contributed by atoms with Gasteiger partial charge in [-0.05, 0) is 45.7 Å². The van der Waals surface area contributed by atoms with Gasteiger partial charge in [-0.15, -0.1) is 24.0 Å². The highest BCUT2D eigenvalue weighted by Gasteiger charge is 2.22. The van der Waals surface area contributed by atoms with Gasteiger partial charge in [-0.2, -0.15) is 0 Å². The van der Waals surface area contributed by atoms with Crippen LogP contribution in [0.5, 0.6) is 0 Å². The maximum Gasteiger partial charge on any atom is 0.191 e. The summed E-state index contributed by atoms with van der Waals surface area (Å²) in [5.74, 6) is 1.000. The molecule has 6 nitrogen and oxygen atoms in total. The average molecular weight is 481 g/mol. The van der Waals surface area contributed by atoms with Gasteiger partial charge in [-0.25, -0.2) is 0 Å².